The molecule has 0 amide bonds. The minimum absolute atomic E-state index is 0.609. The van der Waals surface area contributed by atoms with E-state index in [9.17, 15) is 5.26 Å². The summed E-state index contributed by atoms with van der Waals surface area (Å²) in [6.45, 7) is 8.50. The van der Waals surface area contributed by atoms with Crippen molar-refractivity contribution in [2.75, 3.05) is 31.1 Å². The van der Waals surface area contributed by atoms with Gasteiger partial charge in [0.15, 0.2) is 0 Å². The number of aryl methyl sites for hydroxylation is 2. The Labute approximate surface area is 158 Å². The molecule has 6 heteroatoms. The van der Waals surface area contributed by atoms with Crippen LogP contribution in [-0.2, 0) is 6.67 Å². The summed E-state index contributed by atoms with van der Waals surface area (Å²) in [5.41, 5.74) is 3.83. The van der Waals surface area contributed by atoms with Crippen molar-refractivity contribution in [2.24, 2.45) is 0 Å². The van der Waals surface area contributed by atoms with Gasteiger partial charge in [0.05, 0.1) is 12.2 Å². The van der Waals surface area contributed by atoms with E-state index in [0.29, 0.717) is 10.2 Å². The summed E-state index contributed by atoms with van der Waals surface area (Å²) in [5, 5.41) is 10.1. The minimum Gasteiger partial charge on any atom is -0.369 e. The van der Waals surface area contributed by atoms with Crippen molar-refractivity contribution in [1.29, 1.82) is 5.26 Å². The molecule has 2 heterocycles. The van der Waals surface area contributed by atoms with E-state index in [-0.39, 0.29) is 0 Å². The Bertz CT molecular complexity index is 876. The number of hydrogen-bond donors (Lipinski definition) is 0. The third-order valence-corrected chi connectivity index (χ3v) is 5.36. The van der Waals surface area contributed by atoms with Crippen molar-refractivity contribution in [3.63, 3.8) is 0 Å². The van der Waals surface area contributed by atoms with Gasteiger partial charge in [0.25, 0.3) is 0 Å². The van der Waals surface area contributed by atoms with E-state index in [1.54, 1.807) is 0 Å². The number of halogens is 1. The molecular weight excluding hydrogens is 352 g/mol. The fourth-order valence-corrected chi connectivity index (χ4v) is 3.85. The van der Waals surface area contributed by atoms with Crippen molar-refractivity contribution in [3.8, 4) is 6.07 Å². The van der Waals surface area contributed by atoms with E-state index >= 15 is 0 Å². The largest absolute Gasteiger partial charge is 0.369 e. The Balaban J connectivity index is 1.71. The summed E-state index contributed by atoms with van der Waals surface area (Å²) < 4.78 is 2.70. The summed E-state index contributed by atoms with van der Waals surface area (Å²) in [4.78, 5) is 4.73. The van der Waals surface area contributed by atoms with Crippen LogP contribution in [0.25, 0.3) is 0 Å². The molecule has 4 nitrogen and oxygen atoms in total. The van der Waals surface area contributed by atoms with Gasteiger partial charge in [-0.3, -0.25) is 4.90 Å². The lowest BCUT2D eigenvalue weighted by Gasteiger charge is -2.36. The molecule has 1 aromatic heterocycles. The van der Waals surface area contributed by atoms with E-state index in [1.165, 1.54) is 5.69 Å². The third-order valence-electron chi connectivity index (χ3n) is 4.70. The first-order valence-electron chi connectivity index (χ1n) is 8.33. The van der Waals surface area contributed by atoms with Gasteiger partial charge in [-0.2, -0.15) is 5.26 Å². The second-order valence-corrected chi connectivity index (χ2v) is 7.24. The summed E-state index contributed by atoms with van der Waals surface area (Å²) >= 11 is 11.6. The molecule has 1 aliphatic heterocycles. The van der Waals surface area contributed by atoms with Crippen LogP contribution in [-0.4, -0.2) is 35.6 Å². The maximum atomic E-state index is 9.34. The van der Waals surface area contributed by atoms with Crippen LogP contribution in [0.4, 0.5) is 5.69 Å². The SMILES string of the molecule is Cc1cc(C)n(CN2CCN(c3cccc(Cl)c3)CC2)c(=S)c1C#N. The number of piperazine rings is 1. The van der Waals surface area contributed by atoms with Crippen LogP contribution in [0.15, 0.2) is 30.3 Å². The molecule has 0 saturated carbocycles. The molecule has 0 bridgehead atoms. The van der Waals surface area contributed by atoms with Crippen LogP contribution < -0.4 is 4.90 Å². The van der Waals surface area contributed by atoms with E-state index in [4.69, 9.17) is 23.8 Å². The van der Waals surface area contributed by atoms with Crippen molar-refractivity contribution in [3.05, 3.63) is 56.8 Å². The standard InChI is InChI=1S/C19H21ClN4S/c1-14-10-15(2)24(19(25)18(14)12-21)13-22-6-8-23(9-7-22)17-5-3-4-16(20)11-17/h3-5,10-11H,6-9,13H2,1-2H3. The van der Waals surface area contributed by atoms with E-state index in [1.807, 2.05) is 38.1 Å². The van der Waals surface area contributed by atoms with Crippen molar-refractivity contribution in [2.45, 2.75) is 20.5 Å². The molecule has 1 aliphatic rings. The highest BCUT2D eigenvalue weighted by Gasteiger charge is 2.18. The highest BCUT2D eigenvalue weighted by atomic mass is 35.5. The topological polar surface area (TPSA) is 35.2 Å². The van der Waals surface area contributed by atoms with Gasteiger partial charge in [0.1, 0.15) is 10.7 Å². The quantitative estimate of drug-likeness (QED) is 0.758. The van der Waals surface area contributed by atoms with E-state index < -0.39 is 0 Å². The van der Waals surface area contributed by atoms with Crippen LogP contribution in [0.2, 0.25) is 5.02 Å². The van der Waals surface area contributed by atoms with E-state index in [0.717, 1.165) is 49.1 Å². The van der Waals surface area contributed by atoms with Crippen molar-refractivity contribution >= 4 is 29.5 Å². The maximum absolute atomic E-state index is 9.34. The molecular formula is C19H21ClN4S. The first kappa shape index (κ1) is 17.9. The van der Waals surface area contributed by atoms with Gasteiger partial charge in [0.2, 0.25) is 0 Å². The predicted molar refractivity (Wildman–Crippen MR) is 105 cm³/mol. The van der Waals surface area contributed by atoms with Crippen LogP contribution in [0.1, 0.15) is 16.8 Å². The number of nitrogens with zero attached hydrogens (tertiary/aromatic N) is 4. The molecule has 3 rings (SSSR count). The average Bonchev–Trinajstić information content (AvgIpc) is 2.59. The molecule has 1 fully saturated rings. The monoisotopic (exact) mass is 372 g/mol. The summed E-state index contributed by atoms with van der Waals surface area (Å²) in [6.07, 6.45) is 0. The average molecular weight is 373 g/mol. The summed E-state index contributed by atoms with van der Waals surface area (Å²) in [5.74, 6) is 0. The predicted octanol–water partition coefficient (Wildman–Crippen LogP) is 4.14. The number of pyridine rings is 1. The van der Waals surface area contributed by atoms with Crippen molar-refractivity contribution in [1.82, 2.24) is 9.47 Å². The van der Waals surface area contributed by atoms with Crippen LogP contribution in [0.5, 0.6) is 0 Å². The smallest absolute Gasteiger partial charge is 0.125 e. The molecule has 0 N–H and O–H groups in total. The molecule has 0 radical (unpaired) electrons. The molecule has 1 aromatic carbocycles. The van der Waals surface area contributed by atoms with Crippen LogP contribution in [0.3, 0.4) is 0 Å². The number of anilines is 1. The molecule has 0 spiro atoms. The zero-order chi connectivity index (χ0) is 18.0. The van der Waals surface area contributed by atoms with Crippen LogP contribution >= 0.6 is 23.8 Å². The van der Waals surface area contributed by atoms with Gasteiger partial charge in [0, 0.05) is 42.6 Å². The van der Waals surface area contributed by atoms with E-state index in [2.05, 4.69) is 26.5 Å². The molecule has 0 aliphatic carbocycles. The van der Waals surface area contributed by atoms with Gasteiger partial charge in [-0.15, -0.1) is 0 Å². The second-order valence-electron chi connectivity index (χ2n) is 6.42. The molecule has 1 saturated heterocycles. The Morgan fingerprint density at radius 2 is 1.88 bits per heavy atom. The number of rotatable bonds is 3. The Kier molecular flexibility index (Phi) is 5.43. The first-order valence-corrected chi connectivity index (χ1v) is 9.12. The third kappa shape index (κ3) is 3.87. The minimum atomic E-state index is 0.609. The first-order chi connectivity index (χ1) is 12.0. The molecule has 25 heavy (non-hydrogen) atoms. The fraction of sp³-hybridized carbons (Fsp3) is 0.368. The second kappa shape index (κ2) is 7.57. The Hall–Kier alpha value is -1.87. The van der Waals surface area contributed by atoms with Crippen molar-refractivity contribution < 1.29 is 0 Å². The zero-order valence-electron chi connectivity index (χ0n) is 14.5. The zero-order valence-corrected chi connectivity index (χ0v) is 16.1. The lowest BCUT2D eigenvalue weighted by atomic mass is 10.1. The highest BCUT2D eigenvalue weighted by Crippen LogP contribution is 2.21. The van der Waals surface area contributed by atoms with Crippen LogP contribution in [0, 0.1) is 29.8 Å². The lowest BCUT2D eigenvalue weighted by molar-refractivity contribution is 0.203. The van der Waals surface area contributed by atoms with Gasteiger partial charge in [-0.05, 0) is 43.7 Å². The highest BCUT2D eigenvalue weighted by molar-refractivity contribution is 7.71. The molecule has 0 unspecified atom stereocenters. The fourth-order valence-electron chi connectivity index (χ4n) is 3.26. The molecule has 0 atom stereocenters. The Morgan fingerprint density at radius 3 is 2.52 bits per heavy atom. The number of aromatic nitrogens is 1. The summed E-state index contributed by atoms with van der Waals surface area (Å²) in [6, 6.07) is 12.3. The van der Waals surface area contributed by atoms with Gasteiger partial charge < -0.3 is 9.47 Å². The Morgan fingerprint density at radius 1 is 1.16 bits per heavy atom. The van der Waals surface area contributed by atoms with Gasteiger partial charge in [-0.1, -0.05) is 29.9 Å². The lowest BCUT2D eigenvalue weighted by Crippen LogP contribution is -2.47. The summed E-state index contributed by atoms with van der Waals surface area (Å²) in [7, 11) is 0. The van der Waals surface area contributed by atoms with Gasteiger partial charge in [-0.25, -0.2) is 0 Å². The maximum Gasteiger partial charge on any atom is 0.125 e. The number of hydrogen-bond acceptors (Lipinski definition) is 4. The molecule has 2 aromatic rings. The number of nitriles is 1. The molecule has 130 valence electrons. The normalized spacial score (nSPS) is 15.2. The van der Waals surface area contributed by atoms with Gasteiger partial charge >= 0.3 is 0 Å². The number of benzene rings is 1.